The van der Waals surface area contributed by atoms with Gasteiger partial charge in [-0.15, -0.1) is 0 Å². The van der Waals surface area contributed by atoms with E-state index in [0.717, 1.165) is 12.8 Å². The predicted molar refractivity (Wildman–Crippen MR) is 68.0 cm³/mol. The lowest BCUT2D eigenvalue weighted by atomic mass is 10.2. The molecule has 0 radical (unpaired) electrons. The molecule has 100 valence electrons. The van der Waals surface area contributed by atoms with Crippen LogP contribution in [0.15, 0.2) is 30.3 Å². The van der Waals surface area contributed by atoms with Gasteiger partial charge in [-0.1, -0.05) is 18.2 Å². The number of aliphatic hydroxyl groups is 1. The maximum Gasteiger partial charge on any atom is 0.466 e. The summed E-state index contributed by atoms with van der Waals surface area (Å²) >= 11 is 0. The Hall–Kier alpha value is -1.17. The van der Waals surface area contributed by atoms with Crippen molar-refractivity contribution in [1.29, 1.82) is 0 Å². The first-order valence-corrected chi connectivity index (χ1v) is 6.92. The lowest BCUT2D eigenvalue weighted by molar-refractivity contribution is 0.275. The number of benzene rings is 1. The number of rotatable bonds is 3. The van der Waals surface area contributed by atoms with Crippen molar-refractivity contribution in [2.75, 3.05) is 6.61 Å². The van der Waals surface area contributed by atoms with Crippen LogP contribution in [0.2, 0.25) is 0 Å². The van der Waals surface area contributed by atoms with Crippen LogP contribution in [0, 0.1) is 0 Å². The van der Waals surface area contributed by atoms with Crippen molar-refractivity contribution >= 4 is 18.7 Å². The summed E-state index contributed by atoms with van der Waals surface area (Å²) in [6.45, 7) is 0.259. The Labute approximate surface area is 104 Å². The molecule has 1 heterocycles. The van der Waals surface area contributed by atoms with Crippen molar-refractivity contribution in [3.05, 3.63) is 36.0 Å². The van der Waals surface area contributed by atoms with Crippen molar-refractivity contribution < 1.29 is 24.4 Å². The largest absolute Gasteiger partial charge is 0.466 e. The van der Waals surface area contributed by atoms with Crippen LogP contribution in [-0.2, 0) is 11.0 Å². The molecule has 7 heteroatoms. The molecule has 1 aromatic carbocycles. The monoisotopic (exact) mass is 273 g/mol. The molecule has 2 rings (SSSR count). The molecular weight excluding hydrogens is 257 g/mol. The zero-order valence-electron chi connectivity index (χ0n) is 9.65. The highest BCUT2D eigenvalue weighted by molar-refractivity contribution is 7.45. The van der Waals surface area contributed by atoms with E-state index in [-0.39, 0.29) is 6.61 Å². The lowest BCUT2D eigenvalue weighted by Crippen LogP contribution is -1.88. The van der Waals surface area contributed by atoms with Crippen LogP contribution in [0.4, 0.5) is 0 Å². The van der Waals surface area contributed by atoms with Crippen LogP contribution in [0.3, 0.4) is 0 Å². The average molecular weight is 273 g/mol. The first-order valence-electron chi connectivity index (χ1n) is 5.36. The zero-order chi connectivity index (χ0) is 13.6. The minimum Gasteiger partial charge on any atom is -0.396 e. The number of H-pyrrole nitrogens is 1. The summed E-state index contributed by atoms with van der Waals surface area (Å²) in [7, 11) is -4.64. The summed E-state index contributed by atoms with van der Waals surface area (Å²) < 4.78 is 8.88. The summed E-state index contributed by atoms with van der Waals surface area (Å²) in [5, 5.41) is 9.93. The number of hydrogen-bond donors (Lipinski definition) is 5. The van der Waals surface area contributed by atoms with E-state index < -0.39 is 7.82 Å². The Kier molecular flexibility index (Phi) is 5.53. The van der Waals surface area contributed by atoms with E-state index in [9.17, 15) is 0 Å². The molecule has 1 aromatic heterocycles. The second-order valence-corrected chi connectivity index (χ2v) is 4.75. The minimum atomic E-state index is -4.64. The number of phosphoric acid groups is 1. The Morgan fingerprint density at radius 1 is 1.17 bits per heavy atom. The topological polar surface area (TPSA) is 114 Å². The second kappa shape index (κ2) is 6.68. The van der Waals surface area contributed by atoms with E-state index in [4.69, 9.17) is 24.4 Å². The van der Waals surface area contributed by atoms with Crippen LogP contribution >= 0.6 is 7.82 Å². The first-order chi connectivity index (χ1) is 8.40. The number of aromatic nitrogens is 1. The van der Waals surface area contributed by atoms with E-state index in [1.807, 2.05) is 12.1 Å². The van der Waals surface area contributed by atoms with E-state index in [1.54, 1.807) is 0 Å². The highest BCUT2D eigenvalue weighted by atomic mass is 31.2. The molecule has 2 aromatic rings. The van der Waals surface area contributed by atoms with Gasteiger partial charge in [-0.05, 0) is 30.4 Å². The first kappa shape index (κ1) is 14.9. The number of hydrogen-bond acceptors (Lipinski definition) is 2. The Morgan fingerprint density at radius 3 is 2.33 bits per heavy atom. The fourth-order valence-corrected chi connectivity index (χ4v) is 1.54. The highest BCUT2D eigenvalue weighted by Crippen LogP contribution is 2.25. The third kappa shape index (κ3) is 5.95. The molecule has 0 saturated heterocycles. The normalized spacial score (nSPS) is 11.1. The number of para-hydroxylation sites is 1. The van der Waals surface area contributed by atoms with Crippen molar-refractivity contribution in [3.8, 4) is 0 Å². The summed E-state index contributed by atoms with van der Waals surface area (Å²) in [5.74, 6) is 0. The van der Waals surface area contributed by atoms with E-state index >= 15 is 0 Å². The van der Waals surface area contributed by atoms with Gasteiger partial charge in [-0.2, -0.15) is 0 Å². The third-order valence-corrected chi connectivity index (χ3v) is 2.19. The van der Waals surface area contributed by atoms with E-state index in [1.165, 1.54) is 16.6 Å². The smallest absolute Gasteiger partial charge is 0.396 e. The van der Waals surface area contributed by atoms with E-state index in [2.05, 4.69) is 23.2 Å². The molecule has 0 fully saturated rings. The summed E-state index contributed by atoms with van der Waals surface area (Å²) in [6, 6.07) is 10.4. The fraction of sp³-hybridized carbons (Fsp3) is 0.273. The van der Waals surface area contributed by atoms with Gasteiger partial charge in [0.05, 0.1) is 0 Å². The van der Waals surface area contributed by atoms with Gasteiger partial charge in [0.25, 0.3) is 0 Å². The molecule has 0 aliphatic carbocycles. The molecule has 0 aliphatic rings. The van der Waals surface area contributed by atoms with Crippen molar-refractivity contribution in [1.82, 2.24) is 4.98 Å². The summed E-state index contributed by atoms with van der Waals surface area (Å²) in [6.07, 6.45) is 1.75. The summed E-state index contributed by atoms with van der Waals surface area (Å²) in [5.41, 5.74) is 2.38. The molecule has 0 atom stereocenters. The molecule has 0 unspecified atom stereocenters. The number of aromatic amines is 1. The Balaban J connectivity index is 0.000000280. The van der Waals surface area contributed by atoms with Gasteiger partial charge < -0.3 is 24.8 Å². The molecule has 18 heavy (non-hydrogen) atoms. The Morgan fingerprint density at radius 2 is 1.78 bits per heavy atom. The number of aryl methyl sites for hydroxylation is 1. The molecule has 0 bridgehead atoms. The van der Waals surface area contributed by atoms with Gasteiger partial charge in [-0.25, -0.2) is 4.57 Å². The molecule has 0 amide bonds. The van der Waals surface area contributed by atoms with Gasteiger partial charge >= 0.3 is 7.82 Å². The predicted octanol–water partition coefficient (Wildman–Crippen LogP) is 1.16. The zero-order valence-corrected chi connectivity index (χ0v) is 10.5. The standard InChI is InChI=1S/C11H13NO.H3O4P/c13-7-3-5-10-8-9-4-1-2-6-11(9)12-10;1-5(2,3)4/h1-2,4,6,8,12-13H,3,5,7H2;(H3,1,2,3,4). The maximum absolute atomic E-state index is 8.88. The highest BCUT2D eigenvalue weighted by Gasteiger charge is 2.00. The van der Waals surface area contributed by atoms with Crippen molar-refractivity contribution in [2.24, 2.45) is 0 Å². The minimum absolute atomic E-state index is 0.259. The molecule has 0 spiro atoms. The van der Waals surface area contributed by atoms with Crippen molar-refractivity contribution in [3.63, 3.8) is 0 Å². The molecule has 5 N–H and O–H groups in total. The number of nitrogens with one attached hydrogen (secondary N) is 1. The second-order valence-electron chi connectivity index (χ2n) is 3.72. The van der Waals surface area contributed by atoms with Crippen LogP contribution in [0.1, 0.15) is 12.1 Å². The van der Waals surface area contributed by atoms with Gasteiger partial charge in [-0.3, -0.25) is 0 Å². The number of aliphatic hydroxyl groups excluding tert-OH is 1. The van der Waals surface area contributed by atoms with Gasteiger partial charge in [0.2, 0.25) is 0 Å². The van der Waals surface area contributed by atoms with Gasteiger partial charge in [0.1, 0.15) is 0 Å². The van der Waals surface area contributed by atoms with Crippen molar-refractivity contribution in [2.45, 2.75) is 12.8 Å². The molecule has 0 saturated carbocycles. The van der Waals surface area contributed by atoms with Crippen LogP contribution < -0.4 is 0 Å². The summed E-state index contributed by atoms with van der Waals surface area (Å²) in [4.78, 5) is 24.9. The van der Waals surface area contributed by atoms with Crippen LogP contribution in [0.25, 0.3) is 10.9 Å². The Bertz CT molecular complexity index is 492. The molecule has 6 nitrogen and oxygen atoms in total. The third-order valence-electron chi connectivity index (χ3n) is 2.19. The quantitative estimate of drug-likeness (QED) is 0.538. The fourth-order valence-electron chi connectivity index (χ4n) is 1.54. The van der Waals surface area contributed by atoms with Crippen LogP contribution in [0.5, 0.6) is 0 Å². The average Bonchev–Trinajstić information content (AvgIpc) is 2.66. The van der Waals surface area contributed by atoms with E-state index in [0.29, 0.717) is 0 Å². The number of fused-ring (bicyclic) bond motifs is 1. The SMILES string of the molecule is O=P(O)(O)O.OCCCc1cc2ccccc2[nH]1. The molecule has 0 aliphatic heterocycles. The van der Waals surface area contributed by atoms with Gasteiger partial charge in [0, 0.05) is 17.8 Å². The maximum atomic E-state index is 8.88. The van der Waals surface area contributed by atoms with Crippen LogP contribution in [-0.4, -0.2) is 31.4 Å². The molecular formula is C11H16NO5P. The van der Waals surface area contributed by atoms with Gasteiger partial charge in [0.15, 0.2) is 0 Å². The lowest BCUT2D eigenvalue weighted by Gasteiger charge is -1.92.